The molecule has 2 aliphatic rings. The molecule has 150 valence electrons. The molecule has 7 nitrogen and oxygen atoms in total. The average Bonchev–Trinajstić information content (AvgIpc) is 3.28. The van der Waals surface area contributed by atoms with Gasteiger partial charge in [0.05, 0.1) is 30.1 Å². The smallest absolute Gasteiger partial charge is 0.232 e. The second kappa shape index (κ2) is 6.56. The number of hydrogen-bond donors (Lipinski definition) is 2. The molecule has 2 bridgehead atoms. The van der Waals surface area contributed by atoms with Gasteiger partial charge in [-0.2, -0.15) is 0 Å². The van der Waals surface area contributed by atoms with Crippen molar-refractivity contribution in [2.75, 3.05) is 0 Å². The van der Waals surface area contributed by atoms with E-state index in [1.807, 2.05) is 22.9 Å². The van der Waals surface area contributed by atoms with Gasteiger partial charge >= 0.3 is 0 Å². The van der Waals surface area contributed by atoms with Crippen molar-refractivity contribution in [2.45, 2.75) is 56.7 Å². The number of phenolic OH excluding ortho intramolecular Hbond substituents is 1. The highest BCUT2D eigenvalue weighted by Gasteiger charge is 2.49. The van der Waals surface area contributed by atoms with Crippen molar-refractivity contribution in [1.82, 2.24) is 24.8 Å². The summed E-state index contributed by atoms with van der Waals surface area (Å²) in [5, 5.41) is 14.2. The van der Waals surface area contributed by atoms with Gasteiger partial charge in [-0.15, -0.1) is 0 Å². The molecule has 2 N–H and O–H groups in total. The van der Waals surface area contributed by atoms with Gasteiger partial charge in [0.15, 0.2) is 0 Å². The van der Waals surface area contributed by atoms with Crippen LogP contribution in [0.25, 0.3) is 16.9 Å². The Morgan fingerprint density at radius 2 is 1.93 bits per heavy atom. The maximum atomic E-state index is 10.5. The zero-order valence-corrected chi connectivity index (χ0v) is 16.7. The Hall–Kier alpha value is -2.93. The molecule has 2 aromatic heterocycles. The van der Waals surface area contributed by atoms with Gasteiger partial charge in [0.25, 0.3) is 0 Å². The van der Waals surface area contributed by atoms with Crippen LogP contribution >= 0.6 is 0 Å². The third kappa shape index (κ3) is 3.46. The molecule has 0 spiro atoms. The number of rotatable bonds is 4. The molecule has 0 aliphatic carbocycles. The molecule has 2 aliphatic heterocycles. The van der Waals surface area contributed by atoms with Crippen molar-refractivity contribution in [2.24, 2.45) is 0 Å². The number of aromatic nitrogens is 4. The van der Waals surface area contributed by atoms with Crippen molar-refractivity contribution in [1.29, 1.82) is 0 Å². The summed E-state index contributed by atoms with van der Waals surface area (Å²) in [5.41, 5.74) is 2.37. The Morgan fingerprint density at radius 1 is 1.14 bits per heavy atom. The number of phenols is 1. The number of benzene rings is 1. The molecule has 29 heavy (non-hydrogen) atoms. The minimum atomic E-state index is 0.136. The molecule has 2 saturated heterocycles. The van der Waals surface area contributed by atoms with E-state index in [1.165, 1.54) is 12.8 Å². The second-order valence-electron chi connectivity index (χ2n) is 8.81. The van der Waals surface area contributed by atoms with E-state index in [4.69, 9.17) is 4.74 Å². The standard InChI is InChI=1S/C22H25N5O2/c1-21-5-6-22(2,26-21)11-16(10-21)29-20-13-24-18(12-25-20)17-4-3-15(9-19(17)28)27-8-7-23-14-27/h3-4,7-9,12-14,16,26,28H,5-6,10-11H2,1-2H3/t16-,21+,22-. The molecule has 0 saturated carbocycles. The van der Waals surface area contributed by atoms with Crippen molar-refractivity contribution in [3.05, 3.63) is 49.3 Å². The van der Waals surface area contributed by atoms with Crippen molar-refractivity contribution in [3.8, 4) is 28.6 Å². The summed E-state index contributed by atoms with van der Waals surface area (Å²) in [6.07, 6.45) is 13.0. The van der Waals surface area contributed by atoms with Gasteiger partial charge < -0.3 is 19.7 Å². The molecular weight excluding hydrogens is 366 g/mol. The first-order chi connectivity index (χ1) is 13.9. The van der Waals surface area contributed by atoms with Gasteiger partial charge in [0.2, 0.25) is 5.88 Å². The summed E-state index contributed by atoms with van der Waals surface area (Å²) in [6.45, 7) is 4.55. The molecule has 2 fully saturated rings. The summed E-state index contributed by atoms with van der Waals surface area (Å²) in [6, 6.07) is 5.44. The maximum Gasteiger partial charge on any atom is 0.232 e. The summed E-state index contributed by atoms with van der Waals surface area (Å²) >= 11 is 0. The Balaban J connectivity index is 1.32. The van der Waals surface area contributed by atoms with Gasteiger partial charge in [-0.05, 0) is 38.8 Å². The minimum Gasteiger partial charge on any atom is -0.507 e. The number of piperidine rings is 1. The predicted molar refractivity (Wildman–Crippen MR) is 109 cm³/mol. The van der Waals surface area contributed by atoms with Crippen LogP contribution in [0.2, 0.25) is 0 Å². The number of imidazole rings is 1. The number of nitrogens with one attached hydrogen (secondary N) is 1. The normalized spacial score (nSPS) is 28.4. The lowest BCUT2D eigenvalue weighted by Crippen LogP contribution is -2.56. The molecule has 5 rings (SSSR count). The summed E-state index contributed by atoms with van der Waals surface area (Å²) < 4.78 is 8.00. The lowest BCUT2D eigenvalue weighted by Gasteiger charge is -2.41. The first kappa shape index (κ1) is 18.1. The zero-order chi connectivity index (χ0) is 20.1. The number of fused-ring (bicyclic) bond motifs is 2. The highest BCUT2D eigenvalue weighted by atomic mass is 16.5. The van der Waals surface area contributed by atoms with Crippen LogP contribution in [-0.2, 0) is 0 Å². The highest BCUT2D eigenvalue weighted by molar-refractivity contribution is 5.68. The fourth-order valence-corrected chi connectivity index (χ4v) is 4.87. The van der Waals surface area contributed by atoms with Crippen molar-refractivity contribution in [3.63, 3.8) is 0 Å². The van der Waals surface area contributed by atoms with Crippen molar-refractivity contribution < 1.29 is 9.84 Å². The lowest BCUT2D eigenvalue weighted by atomic mass is 9.86. The van der Waals surface area contributed by atoms with Gasteiger partial charge in [-0.1, -0.05) is 0 Å². The molecule has 7 heteroatoms. The van der Waals surface area contributed by atoms with Crippen LogP contribution < -0.4 is 10.1 Å². The second-order valence-corrected chi connectivity index (χ2v) is 8.81. The van der Waals surface area contributed by atoms with E-state index in [1.54, 1.807) is 31.0 Å². The number of aromatic hydroxyl groups is 1. The highest BCUT2D eigenvalue weighted by Crippen LogP contribution is 2.43. The average molecular weight is 391 g/mol. The van der Waals surface area contributed by atoms with Crippen molar-refractivity contribution >= 4 is 0 Å². The van der Waals surface area contributed by atoms with E-state index in [2.05, 4.69) is 34.1 Å². The summed E-state index contributed by atoms with van der Waals surface area (Å²) in [7, 11) is 0. The Labute approximate surface area is 169 Å². The third-order valence-corrected chi connectivity index (χ3v) is 6.16. The van der Waals surface area contributed by atoms with Crippen LogP contribution in [0.5, 0.6) is 11.6 Å². The largest absolute Gasteiger partial charge is 0.507 e. The maximum absolute atomic E-state index is 10.5. The fraction of sp³-hybridized carbons (Fsp3) is 0.409. The Kier molecular flexibility index (Phi) is 4.10. The fourth-order valence-electron chi connectivity index (χ4n) is 4.87. The first-order valence-corrected chi connectivity index (χ1v) is 10.0. The van der Waals surface area contributed by atoms with Crippen LogP contribution in [-0.4, -0.2) is 41.8 Å². The minimum absolute atomic E-state index is 0.136. The van der Waals surface area contributed by atoms with Crippen LogP contribution in [0.4, 0.5) is 0 Å². The van der Waals surface area contributed by atoms with Gasteiger partial charge in [0.1, 0.15) is 11.9 Å². The third-order valence-electron chi connectivity index (χ3n) is 6.16. The summed E-state index contributed by atoms with van der Waals surface area (Å²) in [4.78, 5) is 13.0. The Bertz CT molecular complexity index is 1000. The molecule has 0 amide bonds. The quantitative estimate of drug-likeness (QED) is 0.708. The zero-order valence-electron chi connectivity index (χ0n) is 16.7. The molecule has 1 aromatic carbocycles. The van der Waals surface area contributed by atoms with E-state index in [0.29, 0.717) is 17.1 Å². The monoisotopic (exact) mass is 391 g/mol. The van der Waals surface area contributed by atoms with Crippen LogP contribution in [0.15, 0.2) is 49.3 Å². The molecule has 3 atom stereocenters. The number of nitrogens with zero attached hydrogens (tertiary/aromatic N) is 4. The lowest BCUT2D eigenvalue weighted by molar-refractivity contribution is 0.0758. The first-order valence-electron chi connectivity index (χ1n) is 10.0. The van der Waals surface area contributed by atoms with E-state index in [9.17, 15) is 5.11 Å². The van der Waals surface area contributed by atoms with Crippen LogP contribution in [0, 0.1) is 0 Å². The molecule has 3 aromatic rings. The topological polar surface area (TPSA) is 85.1 Å². The van der Waals surface area contributed by atoms with E-state index in [0.717, 1.165) is 18.5 Å². The number of ether oxygens (including phenoxy) is 1. The SMILES string of the molecule is C[C@]12CC[C@](C)(C[C@H](Oc3cnc(-c4ccc(-n5ccnc5)cc4O)cn3)C1)N2. The van der Waals surface area contributed by atoms with E-state index in [-0.39, 0.29) is 22.9 Å². The van der Waals surface area contributed by atoms with E-state index < -0.39 is 0 Å². The number of hydrogen-bond acceptors (Lipinski definition) is 6. The van der Waals surface area contributed by atoms with Crippen LogP contribution in [0.1, 0.15) is 39.5 Å². The van der Waals surface area contributed by atoms with Gasteiger partial charge in [-0.25, -0.2) is 15.0 Å². The molecular formula is C22H25N5O2. The predicted octanol–water partition coefficient (Wildman–Crippen LogP) is 3.48. The molecule has 4 heterocycles. The summed E-state index contributed by atoms with van der Waals surface area (Å²) in [5.74, 6) is 0.678. The Morgan fingerprint density at radius 3 is 2.55 bits per heavy atom. The van der Waals surface area contributed by atoms with Gasteiger partial charge in [0, 0.05) is 47.9 Å². The van der Waals surface area contributed by atoms with E-state index >= 15 is 0 Å². The molecule has 0 radical (unpaired) electrons. The van der Waals surface area contributed by atoms with Gasteiger partial charge in [-0.3, -0.25) is 0 Å². The van der Waals surface area contributed by atoms with Crippen LogP contribution in [0.3, 0.4) is 0 Å². The molecule has 0 unspecified atom stereocenters.